The zero-order chi connectivity index (χ0) is 21.2. The molecule has 2 heterocycles. The molecule has 5 rings (SSSR count). The number of hydrogen-bond donors (Lipinski definition) is 0. The van der Waals surface area contributed by atoms with Crippen molar-refractivity contribution in [3.63, 3.8) is 0 Å². The second-order valence-electron chi connectivity index (χ2n) is 10.4. The fourth-order valence-electron chi connectivity index (χ4n) is 7.01. The summed E-state index contributed by atoms with van der Waals surface area (Å²) in [7, 11) is 0. The molecule has 0 saturated heterocycles. The van der Waals surface area contributed by atoms with Crippen molar-refractivity contribution in [2.45, 2.75) is 59.3 Å². The number of rotatable bonds is 2. The first kappa shape index (κ1) is 19.5. The average molecular weight is 397 g/mol. The monoisotopic (exact) mass is 396 g/mol. The number of allylic oxidation sites excluding steroid dienone is 6. The molecule has 0 N–H and O–H groups in total. The molecule has 3 aliphatic carbocycles. The largest absolute Gasteiger partial charge is 0.261 e. The van der Waals surface area contributed by atoms with Gasteiger partial charge in [-0.1, -0.05) is 65.0 Å². The van der Waals surface area contributed by atoms with Gasteiger partial charge < -0.3 is 0 Å². The highest BCUT2D eigenvalue weighted by Crippen LogP contribution is 2.82. The van der Waals surface area contributed by atoms with Crippen molar-refractivity contribution in [3.8, 4) is 11.3 Å². The van der Waals surface area contributed by atoms with Crippen LogP contribution in [0.4, 0.5) is 0 Å². The van der Waals surface area contributed by atoms with Crippen LogP contribution in [0.1, 0.15) is 59.6 Å². The minimum atomic E-state index is -0.0820. The van der Waals surface area contributed by atoms with Crippen LogP contribution in [0.2, 0.25) is 0 Å². The number of fused-ring (bicyclic) bond motifs is 1. The summed E-state index contributed by atoms with van der Waals surface area (Å²) >= 11 is 0. The van der Waals surface area contributed by atoms with E-state index in [1.807, 2.05) is 18.5 Å². The average Bonchev–Trinajstić information content (AvgIpc) is 2.78. The summed E-state index contributed by atoms with van der Waals surface area (Å²) in [5.74, 6) is 0. The molecule has 2 atom stereocenters. The lowest BCUT2D eigenvalue weighted by Crippen LogP contribution is -2.77. The quantitative estimate of drug-likeness (QED) is 0.543. The molecule has 2 aromatic rings. The van der Waals surface area contributed by atoms with E-state index in [-0.39, 0.29) is 21.7 Å². The van der Waals surface area contributed by atoms with E-state index in [0.29, 0.717) is 0 Å². The summed E-state index contributed by atoms with van der Waals surface area (Å²) in [4.78, 5) is 9.60. The van der Waals surface area contributed by atoms with Gasteiger partial charge in [0.05, 0.1) is 5.69 Å². The Morgan fingerprint density at radius 2 is 1.67 bits per heavy atom. The lowest BCUT2D eigenvalue weighted by atomic mass is 9.23. The van der Waals surface area contributed by atoms with E-state index in [1.54, 1.807) is 5.57 Å². The molecule has 0 bridgehead atoms. The van der Waals surface area contributed by atoms with Crippen molar-refractivity contribution in [2.75, 3.05) is 0 Å². The molecule has 1 unspecified atom stereocenters. The van der Waals surface area contributed by atoms with Crippen LogP contribution in [0, 0.1) is 16.2 Å². The van der Waals surface area contributed by atoms with E-state index in [1.165, 1.54) is 11.3 Å². The minimum Gasteiger partial charge on any atom is -0.261 e. The van der Waals surface area contributed by atoms with Crippen LogP contribution in [0.25, 0.3) is 11.3 Å². The van der Waals surface area contributed by atoms with Crippen LogP contribution >= 0.6 is 0 Å². The first-order chi connectivity index (χ1) is 14.3. The number of nitrogens with zero attached hydrogens (tertiary/aromatic N) is 2. The highest BCUT2D eigenvalue weighted by atomic mass is 14.9. The van der Waals surface area contributed by atoms with Gasteiger partial charge in [0.2, 0.25) is 0 Å². The van der Waals surface area contributed by atoms with Gasteiger partial charge in [0, 0.05) is 34.5 Å². The first-order valence-electron chi connectivity index (χ1n) is 11.2. The van der Waals surface area contributed by atoms with Crippen LogP contribution in [0.3, 0.4) is 0 Å². The third kappa shape index (κ3) is 2.10. The van der Waals surface area contributed by atoms with E-state index in [9.17, 15) is 0 Å². The smallest absolute Gasteiger partial charge is 0.0703 e. The van der Waals surface area contributed by atoms with Gasteiger partial charge in [0.25, 0.3) is 0 Å². The molecular formula is C28H32N2. The molecule has 0 aromatic carbocycles. The summed E-state index contributed by atoms with van der Waals surface area (Å²) in [6, 6.07) is 10.5. The zero-order valence-electron chi connectivity index (χ0n) is 18.9. The summed E-state index contributed by atoms with van der Waals surface area (Å²) < 4.78 is 0. The molecule has 154 valence electrons. The van der Waals surface area contributed by atoms with Gasteiger partial charge >= 0.3 is 0 Å². The van der Waals surface area contributed by atoms with Gasteiger partial charge in [-0.25, -0.2) is 0 Å². The Kier molecular flexibility index (Phi) is 4.07. The van der Waals surface area contributed by atoms with Crippen molar-refractivity contribution in [3.05, 3.63) is 83.9 Å². The fraction of sp³-hybridized carbons (Fsp3) is 0.429. The zero-order valence-corrected chi connectivity index (χ0v) is 18.9. The molecule has 1 saturated carbocycles. The Morgan fingerprint density at radius 1 is 0.833 bits per heavy atom. The van der Waals surface area contributed by atoms with Crippen molar-refractivity contribution in [1.29, 1.82) is 0 Å². The predicted octanol–water partition coefficient (Wildman–Crippen LogP) is 7.06. The number of aromatic nitrogens is 2. The van der Waals surface area contributed by atoms with Gasteiger partial charge in [-0.2, -0.15) is 0 Å². The second kappa shape index (κ2) is 6.26. The van der Waals surface area contributed by atoms with Crippen molar-refractivity contribution >= 4 is 0 Å². The van der Waals surface area contributed by atoms with E-state index in [4.69, 9.17) is 4.98 Å². The Balaban J connectivity index is 1.73. The van der Waals surface area contributed by atoms with E-state index in [2.05, 4.69) is 88.2 Å². The van der Waals surface area contributed by atoms with Gasteiger partial charge in [0.1, 0.15) is 0 Å². The standard InChI is InChI=1S/C28H32N2/c1-25(2)26(3,4)28(16-10-12-20-11-6-7-13-22(20)28)27(25,5)24-19-21(15-18-30-24)23-14-8-9-17-29-23/h7-10,12-15,17-19H,6,11,16H2,1-5H3/t27-,28?/m1/s1. The van der Waals surface area contributed by atoms with Crippen molar-refractivity contribution in [1.82, 2.24) is 9.97 Å². The van der Waals surface area contributed by atoms with Crippen LogP contribution in [0.5, 0.6) is 0 Å². The molecule has 0 radical (unpaired) electrons. The summed E-state index contributed by atoms with van der Waals surface area (Å²) in [6.45, 7) is 12.3. The highest BCUT2D eigenvalue weighted by Gasteiger charge is 2.79. The molecular weight excluding hydrogens is 364 g/mol. The molecule has 0 amide bonds. The summed E-state index contributed by atoms with van der Waals surface area (Å²) in [5, 5.41) is 0. The lowest BCUT2D eigenvalue weighted by molar-refractivity contribution is -0.242. The topological polar surface area (TPSA) is 25.8 Å². The third-order valence-corrected chi connectivity index (χ3v) is 9.38. The molecule has 1 fully saturated rings. The van der Waals surface area contributed by atoms with E-state index < -0.39 is 0 Å². The molecule has 0 aliphatic heterocycles. The molecule has 2 heteroatoms. The van der Waals surface area contributed by atoms with E-state index >= 15 is 0 Å². The molecule has 2 aromatic heterocycles. The Labute approximate surface area is 180 Å². The second-order valence-corrected chi connectivity index (χ2v) is 10.4. The Bertz CT molecular complexity index is 1090. The fourth-order valence-corrected chi connectivity index (χ4v) is 7.01. The van der Waals surface area contributed by atoms with Gasteiger partial charge in [0.15, 0.2) is 0 Å². The summed E-state index contributed by atoms with van der Waals surface area (Å²) in [5.41, 5.74) is 6.62. The first-order valence-corrected chi connectivity index (χ1v) is 11.2. The normalized spacial score (nSPS) is 30.8. The maximum absolute atomic E-state index is 5.01. The molecule has 2 nitrogen and oxygen atoms in total. The highest BCUT2D eigenvalue weighted by molar-refractivity contribution is 5.62. The minimum absolute atomic E-state index is 0.0419. The Hall–Kier alpha value is -2.48. The van der Waals surface area contributed by atoms with Crippen LogP contribution in [-0.4, -0.2) is 9.97 Å². The maximum Gasteiger partial charge on any atom is 0.0703 e. The van der Waals surface area contributed by atoms with Crippen LogP contribution in [0.15, 0.2) is 78.2 Å². The van der Waals surface area contributed by atoms with Crippen LogP contribution < -0.4 is 0 Å². The maximum atomic E-state index is 5.01. The molecule has 1 spiro atoms. The van der Waals surface area contributed by atoms with Gasteiger partial charge in [-0.3, -0.25) is 9.97 Å². The van der Waals surface area contributed by atoms with E-state index in [0.717, 1.165) is 30.5 Å². The molecule has 30 heavy (non-hydrogen) atoms. The molecule has 3 aliphatic rings. The lowest BCUT2D eigenvalue weighted by Gasteiger charge is -2.79. The van der Waals surface area contributed by atoms with Gasteiger partial charge in [-0.15, -0.1) is 0 Å². The van der Waals surface area contributed by atoms with Gasteiger partial charge in [-0.05, 0) is 65.5 Å². The number of pyridine rings is 2. The summed E-state index contributed by atoms with van der Waals surface area (Å²) in [6.07, 6.45) is 16.8. The third-order valence-electron chi connectivity index (χ3n) is 9.38. The van der Waals surface area contributed by atoms with Crippen molar-refractivity contribution < 1.29 is 0 Å². The Morgan fingerprint density at radius 3 is 2.43 bits per heavy atom. The van der Waals surface area contributed by atoms with Crippen molar-refractivity contribution in [2.24, 2.45) is 16.2 Å². The SMILES string of the molecule is CC1(C)C(C)(C)[C@@](C)(c2cc(-c3ccccn3)ccn2)C12CC=CC1=C2C=CCC1. The van der Waals surface area contributed by atoms with Crippen LogP contribution in [-0.2, 0) is 5.41 Å². The predicted molar refractivity (Wildman–Crippen MR) is 124 cm³/mol. The number of hydrogen-bond acceptors (Lipinski definition) is 2.